The number of nitrogens with one attached hydrogen (secondary N) is 1. The van der Waals surface area contributed by atoms with Crippen molar-refractivity contribution in [3.05, 3.63) is 60.1 Å². The fraction of sp³-hybridized carbons (Fsp3) is 0.389. The molecular formula is C18H20N2O. The van der Waals surface area contributed by atoms with Crippen molar-refractivity contribution >= 4 is 0 Å². The molecule has 3 atom stereocenters. The van der Waals surface area contributed by atoms with Gasteiger partial charge in [0.2, 0.25) is 0 Å². The Kier molecular flexibility index (Phi) is 4.37. The Bertz CT molecular complexity index is 585. The van der Waals surface area contributed by atoms with E-state index in [1.54, 1.807) is 6.26 Å². The maximum Gasteiger partial charge on any atom is 0.125 e. The van der Waals surface area contributed by atoms with Crippen LogP contribution in [0.5, 0.6) is 0 Å². The normalized spacial score (nSPS) is 23.4. The molecule has 1 N–H and O–H groups in total. The molecule has 0 radical (unpaired) electrons. The molecule has 0 spiro atoms. The molecule has 3 rings (SSSR count). The van der Waals surface area contributed by atoms with Crippen molar-refractivity contribution in [1.82, 2.24) is 5.32 Å². The van der Waals surface area contributed by atoms with E-state index in [1.807, 2.05) is 30.3 Å². The minimum atomic E-state index is 0.0589. The van der Waals surface area contributed by atoms with Gasteiger partial charge < -0.3 is 9.73 Å². The molecule has 0 unspecified atom stereocenters. The van der Waals surface area contributed by atoms with Gasteiger partial charge in [0, 0.05) is 12.0 Å². The lowest BCUT2D eigenvalue weighted by Gasteiger charge is -2.30. The lowest BCUT2D eigenvalue weighted by molar-refractivity contribution is 0.300. The molecule has 0 saturated heterocycles. The smallest absolute Gasteiger partial charge is 0.125 e. The minimum absolute atomic E-state index is 0.0589. The van der Waals surface area contributed by atoms with Gasteiger partial charge in [0.05, 0.1) is 18.4 Å². The molecule has 3 heteroatoms. The molecule has 2 aromatic rings. The van der Waals surface area contributed by atoms with Crippen molar-refractivity contribution in [1.29, 1.82) is 5.26 Å². The summed E-state index contributed by atoms with van der Waals surface area (Å²) >= 11 is 0. The first kappa shape index (κ1) is 13.9. The summed E-state index contributed by atoms with van der Waals surface area (Å²) in [5.74, 6) is 1.12. The lowest BCUT2D eigenvalue weighted by atomic mass is 9.86. The van der Waals surface area contributed by atoms with E-state index in [9.17, 15) is 0 Å². The number of furan rings is 1. The predicted molar refractivity (Wildman–Crippen MR) is 81.5 cm³/mol. The number of benzene rings is 1. The van der Waals surface area contributed by atoms with Crippen LogP contribution in [0.25, 0.3) is 0 Å². The largest absolute Gasteiger partial charge is 0.467 e. The standard InChI is InChI=1S/C18H20N2O/c19-13-14-6-4-9-16(12-14)20-18(17-10-5-11-21-17)15-7-2-1-3-8-15/h1-3,5,7-8,10-11,14,16,18,20H,4,6,9,12H2/t14-,16-,18+/m1/s1. The highest BCUT2D eigenvalue weighted by Crippen LogP contribution is 2.28. The molecule has 0 amide bonds. The average molecular weight is 280 g/mol. The Labute approximate surface area is 125 Å². The maximum atomic E-state index is 9.15. The second-order valence-corrected chi connectivity index (χ2v) is 5.72. The van der Waals surface area contributed by atoms with Gasteiger partial charge >= 0.3 is 0 Å². The highest BCUT2D eigenvalue weighted by atomic mass is 16.3. The lowest BCUT2D eigenvalue weighted by Crippen LogP contribution is -2.37. The summed E-state index contributed by atoms with van der Waals surface area (Å²) in [6.45, 7) is 0. The fourth-order valence-electron chi connectivity index (χ4n) is 3.14. The molecular weight excluding hydrogens is 260 g/mol. The summed E-state index contributed by atoms with van der Waals surface area (Å²) in [6, 6.07) is 17.1. The van der Waals surface area contributed by atoms with Crippen LogP contribution in [0.15, 0.2) is 53.1 Å². The SMILES string of the molecule is N#C[C@@H]1CCC[C@@H](N[C@@H](c2ccccc2)c2ccco2)C1. The number of rotatable bonds is 4. The first-order valence-electron chi connectivity index (χ1n) is 7.61. The number of hydrogen-bond donors (Lipinski definition) is 1. The van der Waals surface area contributed by atoms with Crippen LogP contribution in [-0.4, -0.2) is 6.04 Å². The van der Waals surface area contributed by atoms with E-state index in [0.717, 1.165) is 31.4 Å². The van der Waals surface area contributed by atoms with Crippen molar-refractivity contribution < 1.29 is 4.42 Å². The Morgan fingerprint density at radius 3 is 2.71 bits per heavy atom. The summed E-state index contributed by atoms with van der Waals surface area (Å²) in [7, 11) is 0. The first-order valence-corrected chi connectivity index (χ1v) is 7.61. The van der Waals surface area contributed by atoms with E-state index in [1.165, 1.54) is 5.56 Å². The third-order valence-electron chi connectivity index (χ3n) is 4.22. The quantitative estimate of drug-likeness (QED) is 0.919. The van der Waals surface area contributed by atoms with E-state index in [4.69, 9.17) is 9.68 Å². The van der Waals surface area contributed by atoms with Gasteiger partial charge in [-0.3, -0.25) is 0 Å². The molecule has 108 valence electrons. The van der Waals surface area contributed by atoms with Crippen molar-refractivity contribution in [3.63, 3.8) is 0 Å². The monoisotopic (exact) mass is 280 g/mol. The van der Waals surface area contributed by atoms with Crippen molar-refractivity contribution in [2.75, 3.05) is 0 Å². The van der Waals surface area contributed by atoms with Gasteiger partial charge in [-0.2, -0.15) is 5.26 Å². The Morgan fingerprint density at radius 1 is 1.14 bits per heavy atom. The van der Waals surface area contributed by atoms with E-state index in [-0.39, 0.29) is 12.0 Å². The summed E-state index contributed by atoms with van der Waals surface area (Å²) in [6.07, 6.45) is 5.93. The first-order chi connectivity index (χ1) is 10.4. The van der Waals surface area contributed by atoms with Crippen LogP contribution in [0.3, 0.4) is 0 Å². The second kappa shape index (κ2) is 6.60. The molecule has 1 aromatic heterocycles. The molecule has 0 bridgehead atoms. The van der Waals surface area contributed by atoms with Crippen LogP contribution in [0, 0.1) is 17.2 Å². The zero-order chi connectivity index (χ0) is 14.5. The van der Waals surface area contributed by atoms with Crippen LogP contribution < -0.4 is 5.32 Å². The third kappa shape index (κ3) is 3.34. The summed E-state index contributed by atoms with van der Waals surface area (Å²) in [5.41, 5.74) is 1.20. The van der Waals surface area contributed by atoms with E-state index in [2.05, 4.69) is 23.5 Å². The highest BCUT2D eigenvalue weighted by Gasteiger charge is 2.26. The minimum Gasteiger partial charge on any atom is -0.467 e. The van der Waals surface area contributed by atoms with E-state index < -0.39 is 0 Å². The van der Waals surface area contributed by atoms with Crippen LogP contribution in [0.2, 0.25) is 0 Å². The molecule has 1 saturated carbocycles. The van der Waals surface area contributed by atoms with Crippen LogP contribution >= 0.6 is 0 Å². The molecule has 1 aromatic carbocycles. The van der Waals surface area contributed by atoms with Gasteiger partial charge in [-0.15, -0.1) is 0 Å². The molecule has 1 fully saturated rings. The van der Waals surface area contributed by atoms with E-state index in [0.29, 0.717) is 6.04 Å². The van der Waals surface area contributed by atoms with Crippen LogP contribution in [0.1, 0.15) is 43.0 Å². The van der Waals surface area contributed by atoms with Crippen LogP contribution in [0.4, 0.5) is 0 Å². The molecule has 1 aliphatic rings. The fourth-order valence-corrected chi connectivity index (χ4v) is 3.14. The number of hydrogen-bond acceptors (Lipinski definition) is 3. The second-order valence-electron chi connectivity index (χ2n) is 5.72. The van der Waals surface area contributed by atoms with Gasteiger partial charge in [-0.1, -0.05) is 36.8 Å². The van der Waals surface area contributed by atoms with Gasteiger partial charge in [-0.05, 0) is 37.0 Å². The molecule has 21 heavy (non-hydrogen) atoms. The van der Waals surface area contributed by atoms with Crippen molar-refractivity contribution in [2.45, 2.75) is 37.8 Å². The zero-order valence-electron chi connectivity index (χ0n) is 12.0. The highest BCUT2D eigenvalue weighted by molar-refractivity contribution is 5.26. The van der Waals surface area contributed by atoms with E-state index >= 15 is 0 Å². The number of nitrogens with zero attached hydrogens (tertiary/aromatic N) is 1. The number of nitriles is 1. The molecule has 3 nitrogen and oxygen atoms in total. The predicted octanol–water partition coefficient (Wildman–Crippen LogP) is 4.04. The summed E-state index contributed by atoms with van der Waals surface area (Å²) in [4.78, 5) is 0. The van der Waals surface area contributed by atoms with Gasteiger partial charge in [0.15, 0.2) is 0 Å². The maximum absolute atomic E-state index is 9.15. The topological polar surface area (TPSA) is 49.0 Å². The Balaban J connectivity index is 1.79. The molecule has 1 heterocycles. The zero-order valence-corrected chi connectivity index (χ0v) is 12.0. The summed E-state index contributed by atoms with van der Waals surface area (Å²) < 4.78 is 5.62. The average Bonchev–Trinajstić information content (AvgIpc) is 3.08. The van der Waals surface area contributed by atoms with Crippen LogP contribution in [-0.2, 0) is 0 Å². The van der Waals surface area contributed by atoms with Gasteiger partial charge in [0.25, 0.3) is 0 Å². The van der Waals surface area contributed by atoms with Gasteiger partial charge in [0.1, 0.15) is 5.76 Å². The van der Waals surface area contributed by atoms with Gasteiger partial charge in [-0.25, -0.2) is 0 Å². The third-order valence-corrected chi connectivity index (χ3v) is 4.22. The van der Waals surface area contributed by atoms with Crippen molar-refractivity contribution in [2.24, 2.45) is 5.92 Å². The molecule has 1 aliphatic carbocycles. The molecule has 0 aliphatic heterocycles. The summed E-state index contributed by atoms with van der Waals surface area (Å²) in [5, 5.41) is 12.8. The Hall–Kier alpha value is -2.05. The Morgan fingerprint density at radius 2 is 2.00 bits per heavy atom. The van der Waals surface area contributed by atoms with Crippen molar-refractivity contribution in [3.8, 4) is 6.07 Å².